The SMILES string of the molecule is CCOC(=O)C1CCCN(c2c3c(nc4cc(-c5ccc(Cl)cc5)nn24)CCC3)C1. The summed E-state index contributed by atoms with van der Waals surface area (Å²) in [6.07, 6.45) is 4.95. The average Bonchev–Trinajstić information content (AvgIpc) is 3.39. The highest BCUT2D eigenvalue weighted by Gasteiger charge is 2.31. The van der Waals surface area contributed by atoms with Gasteiger partial charge in [0.25, 0.3) is 0 Å². The van der Waals surface area contributed by atoms with Gasteiger partial charge >= 0.3 is 5.97 Å². The molecular weight excluding hydrogens is 400 g/mol. The number of nitrogens with zero attached hydrogens (tertiary/aromatic N) is 4. The Morgan fingerprint density at radius 1 is 1.23 bits per heavy atom. The second-order valence-corrected chi connectivity index (χ2v) is 8.49. The van der Waals surface area contributed by atoms with Gasteiger partial charge in [-0.05, 0) is 51.2 Å². The molecule has 1 saturated heterocycles. The number of fused-ring (bicyclic) bond motifs is 2. The Hall–Kier alpha value is -2.60. The van der Waals surface area contributed by atoms with Crippen molar-refractivity contribution in [3.63, 3.8) is 0 Å². The van der Waals surface area contributed by atoms with E-state index < -0.39 is 0 Å². The topological polar surface area (TPSA) is 59.7 Å². The molecule has 1 aromatic carbocycles. The van der Waals surface area contributed by atoms with Gasteiger partial charge in [0.15, 0.2) is 5.65 Å². The number of piperidine rings is 1. The van der Waals surface area contributed by atoms with Crippen LogP contribution in [0.2, 0.25) is 5.02 Å². The van der Waals surface area contributed by atoms with Gasteiger partial charge in [-0.2, -0.15) is 9.61 Å². The van der Waals surface area contributed by atoms with Crippen LogP contribution in [0.1, 0.15) is 37.4 Å². The number of aromatic nitrogens is 3. The highest BCUT2D eigenvalue weighted by molar-refractivity contribution is 6.30. The van der Waals surface area contributed by atoms with Crippen molar-refractivity contribution in [3.8, 4) is 11.3 Å². The molecule has 30 heavy (non-hydrogen) atoms. The molecule has 2 aromatic heterocycles. The number of halogens is 1. The van der Waals surface area contributed by atoms with Gasteiger partial charge in [-0.1, -0.05) is 23.7 Å². The van der Waals surface area contributed by atoms with E-state index in [0.29, 0.717) is 18.2 Å². The Morgan fingerprint density at radius 3 is 2.87 bits per heavy atom. The van der Waals surface area contributed by atoms with Crippen molar-refractivity contribution in [1.82, 2.24) is 14.6 Å². The molecule has 6 nitrogen and oxygen atoms in total. The van der Waals surface area contributed by atoms with Crippen molar-refractivity contribution >= 4 is 29.0 Å². The molecule has 0 radical (unpaired) electrons. The first-order chi connectivity index (χ1) is 14.6. The Kier molecular flexibility index (Phi) is 5.11. The Morgan fingerprint density at radius 2 is 2.07 bits per heavy atom. The fourth-order valence-electron chi connectivity index (χ4n) is 4.67. The number of carbonyl (C=O) groups excluding carboxylic acids is 1. The summed E-state index contributed by atoms with van der Waals surface area (Å²) in [5.74, 6) is 0.915. The molecule has 1 unspecified atom stereocenters. The maximum Gasteiger partial charge on any atom is 0.310 e. The lowest BCUT2D eigenvalue weighted by atomic mass is 9.97. The van der Waals surface area contributed by atoms with Crippen LogP contribution in [0.3, 0.4) is 0 Å². The van der Waals surface area contributed by atoms with E-state index in [1.165, 1.54) is 11.3 Å². The monoisotopic (exact) mass is 424 g/mol. The smallest absolute Gasteiger partial charge is 0.310 e. The molecule has 1 atom stereocenters. The number of benzene rings is 1. The van der Waals surface area contributed by atoms with E-state index in [4.69, 9.17) is 26.4 Å². The maximum absolute atomic E-state index is 12.4. The molecule has 0 spiro atoms. The van der Waals surface area contributed by atoms with Crippen molar-refractivity contribution in [3.05, 3.63) is 46.6 Å². The van der Waals surface area contributed by atoms with Gasteiger partial charge in [0.2, 0.25) is 0 Å². The molecule has 1 fully saturated rings. The van der Waals surface area contributed by atoms with Crippen LogP contribution in [0.4, 0.5) is 5.82 Å². The summed E-state index contributed by atoms with van der Waals surface area (Å²) in [5.41, 5.74) is 5.19. The first-order valence-electron chi connectivity index (χ1n) is 10.7. The summed E-state index contributed by atoms with van der Waals surface area (Å²) in [4.78, 5) is 19.6. The van der Waals surface area contributed by atoms with Crippen LogP contribution < -0.4 is 4.90 Å². The lowest BCUT2D eigenvalue weighted by Gasteiger charge is -2.34. The Labute approximate surface area is 180 Å². The number of hydrogen-bond acceptors (Lipinski definition) is 5. The number of hydrogen-bond donors (Lipinski definition) is 0. The normalized spacial score (nSPS) is 18.6. The van der Waals surface area contributed by atoms with Crippen LogP contribution in [-0.4, -0.2) is 40.3 Å². The van der Waals surface area contributed by atoms with Crippen LogP contribution >= 0.6 is 11.6 Å². The third kappa shape index (κ3) is 3.43. The molecule has 3 aromatic rings. The minimum absolute atomic E-state index is 0.0912. The molecule has 1 aliphatic heterocycles. The third-order valence-electron chi connectivity index (χ3n) is 6.08. The number of aryl methyl sites for hydroxylation is 1. The van der Waals surface area contributed by atoms with Crippen molar-refractivity contribution < 1.29 is 9.53 Å². The quantitative estimate of drug-likeness (QED) is 0.584. The highest BCUT2D eigenvalue weighted by atomic mass is 35.5. The zero-order valence-electron chi connectivity index (χ0n) is 17.1. The van der Waals surface area contributed by atoms with E-state index in [9.17, 15) is 4.79 Å². The molecule has 7 heteroatoms. The third-order valence-corrected chi connectivity index (χ3v) is 6.33. The summed E-state index contributed by atoms with van der Waals surface area (Å²) in [5, 5.41) is 5.63. The van der Waals surface area contributed by atoms with E-state index in [-0.39, 0.29) is 11.9 Å². The van der Waals surface area contributed by atoms with Crippen molar-refractivity contribution in [2.75, 3.05) is 24.6 Å². The van der Waals surface area contributed by atoms with E-state index in [1.54, 1.807) is 0 Å². The molecule has 2 aliphatic rings. The molecule has 0 bridgehead atoms. The largest absolute Gasteiger partial charge is 0.466 e. The second-order valence-electron chi connectivity index (χ2n) is 8.06. The standard InChI is InChI=1S/C23H25ClN4O2/c1-2-30-23(29)16-5-4-12-27(14-16)22-18-6-3-7-19(18)25-21-13-20(26-28(21)22)15-8-10-17(24)11-9-15/h8-11,13,16H,2-7,12,14H2,1H3. The maximum atomic E-state index is 12.4. The molecule has 1 aliphatic carbocycles. The zero-order chi connectivity index (χ0) is 20.7. The highest BCUT2D eigenvalue weighted by Crippen LogP contribution is 2.35. The van der Waals surface area contributed by atoms with Gasteiger partial charge in [-0.25, -0.2) is 4.98 Å². The van der Waals surface area contributed by atoms with Gasteiger partial charge in [0.05, 0.1) is 18.2 Å². The fourth-order valence-corrected chi connectivity index (χ4v) is 4.80. The first kappa shape index (κ1) is 19.4. The Balaban J connectivity index is 1.58. The molecule has 0 saturated carbocycles. The van der Waals surface area contributed by atoms with E-state index >= 15 is 0 Å². The van der Waals surface area contributed by atoms with Crippen LogP contribution in [-0.2, 0) is 22.4 Å². The fraction of sp³-hybridized carbons (Fsp3) is 0.435. The average molecular weight is 425 g/mol. The molecule has 0 N–H and O–H groups in total. The second kappa shape index (κ2) is 7.91. The van der Waals surface area contributed by atoms with Gasteiger partial charge < -0.3 is 9.64 Å². The number of anilines is 1. The summed E-state index contributed by atoms with van der Waals surface area (Å²) in [6.45, 7) is 3.87. The molecule has 3 heterocycles. The molecule has 156 valence electrons. The zero-order valence-corrected chi connectivity index (χ0v) is 17.9. The predicted molar refractivity (Wildman–Crippen MR) is 117 cm³/mol. The Bertz CT molecular complexity index is 1090. The summed E-state index contributed by atoms with van der Waals surface area (Å²) in [7, 11) is 0. The lowest BCUT2D eigenvalue weighted by Crippen LogP contribution is -2.41. The van der Waals surface area contributed by atoms with E-state index in [2.05, 4.69) is 4.90 Å². The number of esters is 1. The summed E-state index contributed by atoms with van der Waals surface area (Å²) >= 11 is 6.05. The molecular formula is C23H25ClN4O2. The van der Waals surface area contributed by atoms with Crippen molar-refractivity contribution in [2.24, 2.45) is 5.92 Å². The number of carbonyl (C=O) groups is 1. The molecule has 0 amide bonds. The van der Waals surface area contributed by atoms with Crippen molar-refractivity contribution in [2.45, 2.75) is 39.0 Å². The van der Waals surface area contributed by atoms with Gasteiger partial charge in [0.1, 0.15) is 5.82 Å². The van der Waals surface area contributed by atoms with Gasteiger partial charge in [-0.3, -0.25) is 4.79 Å². The van der Waals surface area contributed by atoms with Gasteiger partial charge in [-0.15, -0.1) is 0 Å². The minimum atomic E-state index is -0.0923. The van der Waals surface area contributed by atoms with Crippen LogP contribution in [0.15, 0.2) is 30.3 Å². The predicted octanol–water partition coefficient (Wildman–Crippen LogP) is 4.32. The molecule has 5 rings (SSSR count). The summed E-state index contributed by atoms with van der Waals surface area (Å²) in [6, 6.07) is 9.76. The van der Waals surface area contributed by atoms with Crippen LogP contribution in [0, 0.1) is 5.92 Å². The first-order valence-corrected chi connectivity index (χ1v) is 11.1. The summed E-state index contributed by atoms with van der Waals surface area (Å²) < 4.78 is 7.28. The van der Waals surface area contributed by atoms with E-state index in [1.807, 2.05) is 41.8 Å². The van der Waals surface area contributed by atoms with Crippen LogP contribution in [0.5, 0.6) is 0 Å². The lowest BCUT2D eigenvalue weighted by molar-refractivity contribution is -0.148. The van der Waals surface area contributed by atoms with Gasteiger partial charge in [0, 0.05) is 41.0 Å². The minimum Gasteiger partial charge on any atom is -0.466 e. The van der Waals surface area contributed by atoms with E-state index in [0.717, 1.165) is 61.4 Å². The number of rotatable bonds is 4. The van der Waals surface area contributed by atoms with Crippen molar-refractivity contribution in [1.29, 1.82) is 0 Å². The van der Waals surface area contributed by atoms with Crippen LogP contribution in [0.25, 0.3) is 16.9 Å². The number of ether oxygens (including phenoxy) is 1.